The van der Waals surface area contributed by atoms with Crippen molar-refractivity contribution < 1.29 is 22.7 Å². The van der Waals surface area contributed by atoms with Gasteiger partial charge in [-0.3, -0.25) is 4.79 Å². The number of hydrogen-bond donors (Lipinski definition) is 1. The molecule has 0 radical (unpaired) electrons. The molecular weight excluding hydrogens is 421 g/mol. The van der Waals surface area contributed by atoms with E-state index in [1.54, 1.807) is 12.3 Å². The molecule has 2 bridgehead atoms. The molecule has 0 aliphatic heterocycles. The molecule has 168 valence electrons. The predicted molar refractivity (Wildman–Crippen MR) is 112 cm³/mol. The second-order valence-corrected chi connectivity index (χ2v) is 8.87. The van der Waals surface area contributed by atoms with Crippen LogP contribution in [0.1, 0.15) is 55.0 Å². The Bertz CT molecular complexity index is 1200. The number of hydrogen-bond acceptors (Lipinski definition) is 4. The molecular formula is C23H23F3N4O2. The van der Waals surface area contributed by atoms with Crippen LogP contribution in [0.4, 0.5) is 18.9 Å². The second-order valence-electron chi connectivity index (χ2n) is 8.87. The molecule has 0 aromatic carbocycles. The van der Waals surface area contributed by atoms with Crippen molar-refractivity contribution in [1.29, 1.82) is 0 Å². The standard InChI is InChI=1S/C23H23F3N4O2/c1-3-32-17-7-20-29-19(22-8-13(2)14(9-22)10-22)12-30(20)11-16(17)28-21(31)15-5-4-6-18(27-15)23(24,25)26/h4-7,11-14H,3,8-10H2,1-2H3,(H,28,31)/t13-,14?,22?/m0/s1. The van der Waals surface area contributed by atoms with Crippen LogP contribution < -0.4 is 10.1 Å². The van der Waals surface area contributed by atoms with Gasteiger partial charge in [0.25, 0.3) is 5.91 Å². The molecule has 6 rings (SSSR count). The van der Waals surface area contributed by atoms with Crippen LogP contribution in [0.25, 0.3) is 5.65 Å². The molecule has 1 amide bonds. The summed E-state index contributed by atoms with van der Waals surface area (Å²) in [4.78, 5) is 21.0. The number of nitrogens with zero attached hydrogens (tertiary/aromatic N) is 3. The molecule has 3 saturated carbocycles. The van der Waals surface area contributed by atoms with Crippen LogP contribution in [0.3, 0.4) is 0 Å². The Kier molecular flexibility index (Phi) is 4.69. The molecule has 3 aliphatic carbocycles. The van der Waals surface area contributed by atoms with E-state index in [9.17, 15) is 18.0 Å². The highest BCUT2D eigenvalue weighted by molar-refractivity contribution is 6.03. The van der Waals surface area contributed by atoms with Gasteiger partial charge in [-0.25, -0.2) is 9.97 Å². The van der Waals surface area contributed by atoms with Crippen LogP contribution in [-0.4, -0.2) is 26.9 Å². The Morgan fingerprint density at radius 2 is 2.03 bits per heavy atom. The van der Waals surface area contributed by atoms with Gasteiger partial charge in [-0.15, -0.1) is 0 Å². The molecule has 3 aromatic heterocycles. The summed E-state index contributed by atoms with van der Waals surface area (Å²) in [6.45, 7) is 4.46. The molecule has 1 N–H and O–H groups in total. The van der Waals surface area contributed by atoms with Crippen molar-refractivity contribution >= 4 is 17.2 Å². The number of rotatable bonds is 5. The number of nitrogens with one attached hydrogen (secondary N) is 1. The number of pyridine rings is 2. The van der Waals surface area contributed by atoms with E-state index in [1.165, 1.54) is 6.07 Å². The number of halogens is 3. The minimum Gasteiger partial charge on any atom is -0.491 e. The third-order valence-electron chi connectivity index (χ3n) is 6.74. The lowest BCUT2D eigenvalue weighted by Gasteiger charge is -2.37. The molecule has 0 saturated heterocycles. The number of alkyl halides is 3. The SMILES string of the molecule is CCOc1cc2nc(C34CC(C3)[C@@H](C)C4)cn2cc1NC(=O)c1cccc(C(F)(F)F)n1. The summed E-state index contributed by atoms with van der Waals surface area (Å²) >= 11 is 0. The Morgan fingerprint density at radius 3 is 2.69 bits per heavy atom. The van der Waals surface area contributed by atoms with E-state index in [0.717, 1.165) is 43.0 Å². The van der Waals surface area contributed by atoms with Crippen LogP contribution in [-0.2, 0) is 11.6 Å². The highest BCUT2D eigenvalue weighted by Gasteiger charge is 2.56. The summed E-state index contributed by atoms with van der Waals surface area (Å²) in [5.74, 6) is 1.13. The summed E-state index contributed by atoms with van der Waals surface area (Å²) in [7, 11) is 0. The van der Waals surface area contributed by atoms with Gasteiger partial charge in [0.05, 0.1) is 12.3 Å². The number of imidazole rings is 1. The van der Waals surface area contributed by atoms with Crippen molar-refractivity contribution in [3.8, 4) is 5.75 Å². The number of carbonyl (C=O) groups excluding carboxylic acids is 1. The third kappa shape index (κ3) is 3.40. The van der Waals surface area contributed by atoms with Crippen molar-refractivity contribution in [2.24, 2.45) is 11.8 Å². The first-order chi connectivity index (χ1) is 15.2. The number of carbonyl (C=O) groups is 1. The van der Waals surface area contributed by atoms with Gasteiger partial charge in [-0.2, -0.15) is 13.2 Å². The van der Waals surface area contributed by atoms with Gasteiger partial charge in [0.15, 0.2) is 0 Å². The van der Waals surface area contributed by atoms with Gasteiger partial charge >= 0.3 is 6.18 Å². The maximum Gasteiger partial charge on any atom is 0.433 e. The quantitative estimate of drug-likeness (QED) is 0.596. The van der Waals surface area contributed by atoms with Crippen molar-refractivity contribution in [2.45, 2.75) is 44.7 Å². The molecule has 3 aromatic rings. The lowest BCUT2D eigenvalue weighted by molar-refractivity contribution is -0.141. The van der Waals surface area contributed by atoms with Crippen LogP contribution in [0.5, 0.6) is 5.75 Å². The zero-order chi connectivity index (χ0) is 22.7. The summed E-state index contributed by atoms with van der Waals surface area (Å²) < 4.78 is 46.4. The molecule has 3 heterocycles. The Hall–Kier alpha value is -3.10. The topological polar surface area (TPSA) is 68.5 Å². The minimum atomic E-state index is -4.63. The smallest absolute Gasteiger partial charge is 0.433 e. The largest absolute Gasteiger partial charge is 0.491 e. The fourth-order valence-electron chi connectivity index (χ4n) is 5.16. The maximum atomic E-state index is 13.0. The Morgan fingerprint density at radius 1 is 1.25 bits per heavy atom. The fraction of sp³-hybridized carbons (Fsp3) is 0.435. The van der Waals surface area contributed by atoms with Crippen LogP contribution in [0, 0.1) is 11.8 Å². The first kappa shape index (κ1) is 20.8. The molecule has 0 spiro atoms. The number of amides is 1. The fourth-order valence-corrected chi connectivity index (χ4v) is 5.16. The summed E-state index contributed by atoms with van der Waals surface area (Å²) in [5, 5.41) is 2.65. The lowest BCUT2D eigenvalue weighted by atomic mass is 9.67. The normalized spacial score (nSPS) is 24.4. The second kappa shape index (κ2) is 7.21. The highest BCUT2D eigenvalue weighted by atomic mass is 19.4. The molecule has 3 fully saturated rings. The van der Waals surface area contributed by atoms with Crippen LogP contribution in [0.2, 0.25) is 0 Å². The highest BCUT2D eigenvalue weighted by Crippen LogP contribution is 2.62. The predicted octanol–water partition coefficient (Wildman–Crippen LogP) is 5.09. The van der Waals surface area contributed by atoms with Gasteiger partial charge in [-0.05, 0) is 50.2 Å². The first-order valence-electron chi connectivity index (χ1n) is 10.7. The molecule has 6 nitrogen and oxygen atoms in total. The van der Waals surface area contributed by atoms with Gasteiger partial charge in [-0.1, -0.05) is 13.0 Å². The van der Waals surface area contributed by atoms with Gasteiger partial charge in [0.1, 0.15) is 28.5 Å². The van der Waals surface area contributed by atoms with Crippen molar-refractivity contribution in [2.75, 3.05) is 11.9 Å². The average molecular weight is 444 g/mol. The van der Waals surface area contributed by atoms with E-state index in [4.69, 9.17) is 9.72 Å². The van der Waals surface area contributed by atoms with Crippen LogP contribution in [0.15, 0.2) is 36.7 Å². The van der Waals surface area contributed by atoms with Gasteiger partial charge < -0.3 is 14.5 Å². The van der Waals surface area contributed by atoms with E-state index < -0.39 is 17.8 Å². The zero-order valence-electron chi connectivity index (χ0n) is 17.7. The van der Waals surface area contributed by atoms with Crippen molar-refractivity contribution in [3.05, 3.63) is 53.7 Å². The van der Waals surface area contributed by atoms with E-state index in [2.05, 4.69) is 17.2 Å². The molecule has 1 atom stereocenters. The molecule has 9 heteroatoms. The number of fused-ring (bicyclic) bond motifs is 2. The van der Waals surface area contributed by atoms with E-state index >= 15 is 0 Å². The first-order valence-corrected chi connectivity index (χ1v) is 10.7. The van der Waals surface area contributed by atoms with E-state index in [1.807, 2.05) is 17.5 Å². The lowest BCUT2D eigenvalue weighted by Crippen LogP contribution is -2.32. The monoisotopic (exact) mass is 444 g/mol. The number of anilines is 1. The Balaban J connectivity index is 1.46. The minimum absolute atomic E-state index is 0.132. The summed E-state index contributed by atoms with van der Waals surface area (Å²) in [5.41, 5.74) is 0.783. The average Bonchev–Trinajstić information content (AvgIpc) is 3.37. The van der Waals surface area contributed by atoms with Gasteiger partial charge in [0.2, 0.25) is 0 Å². The molecule has 32 heavy (non-hydrogen) atoms. The zero-order valence-corrected chi connectivity index (χ0v) is 17.7. The van der Waals surface area contributed by atoms with E-state index in [-0.39, 0.29) is 11.1 Å². The summed E-state index contributed by atoms with van der Waals surface area (Å²) in [6, 6.07) is 4.97. The number of ether oxygens (including phenoxy) is 1. The van der Waals surface area contributed by atoms with Crippen LogP contribution >= 0.6 is 0 Å². The number of aromatic nitrogens is 3. The van der Waals surface area contributed by atoms with Gasteiger partial charge in [0, 0.05) is 23.9 Å². The maximum absolute atomic E-state index is 13.0. The van der Waals surface area contributed by atoms with Crippen molar-refractivity contribution in [1.82, 2.24) is 14.4 Å². The third-order valence-corrected chi connectivity index (χ3v) is 6.74. The summed E-state index contributed by atoms with van der Waals surface area (Å²) in [6.07, 6.45) is 2.48. The van der Waals surface area contributed by atoms with Crippen molar-refractivity contribution in [3.63, 3.8) is 0 Å². The Labute approximate surface area is 182 Å². The molecule has 0 unspecified atom stereocenters. The van der Waals surface area contributed by atoms with E-state index in [0.29, 0.717) is 29.6 Å². The molecule has 3 aliphatic rings.